The smallest absolute Gasteiger partial charge is 0.261 e. The number of carbonyl (C=O) groups excluding carboxylic acids is 2. The number of nitrogens with zero attached hydrogens (tertiary/aromatic N) is 1. The van der Waals surface area contributed by atoms with Crippen molar-refractivity contribution in [3.05, 3.63) is 99.8 Å². The molecule has 3 aromatic rings. The minimum absolute atomic E-state index is 0.0581. The van der Waals surface area contributed by atoms with E-state index >= 15 is 0 Å². The summed E-state index contributed by atoms with van der Waals surface area (Å²) in [5.74, 6) is -0.352. The molecule has 0 aliphatic rings. The maximum atomic E-state index is 14.7. The van der Waals surface area contributed by atoms with Crippen molar-refractivity contribution in [1.29, 1.82) is 0 Å². The molecule has 196 valence electrons. The van der Waals surface area contributed by atoms with E-state index in [4.69, 9.17) is 4.74 Å². The topological polar surface area (TPSA) is 58.6 Å². The van der Waals surface area contributed by atoms with E-state index < -0.39 is 17.8 Å². The second kappa shape index (κ2) is 13.9. The predicted octanol–water partition coefficient (Wildman–Crippen LogP) is 5.94. The minimum Gasteiger partial charge on any atom is -0.483 e. The number of ether oxygens (including phenoxy) is 1. The SMILES string of the molecule is CCc1ccc(OCC(=O)N(Cc2ccccc2F)[C@H](Cc2ccccc2)C(=O)NCC(C)C)c(Br)c1. The Morgan fingerprint density at radius 1 is 1.00 bits per heavy atom. The molecule has 0 spiro atoms. The number of carbonyl (C=O) groups is 2. The maximum absolute atomic E-state index is 14.7. The van der Waals surface area contributed by atoms with Crippen molar-refractivity contribution in [1.82, 2.24) is 10.2 Å². The van der Waals surface area contributed by atoms with Crippen LogP contribution in [0.2, 0.25) is 0 Å². The Kier molecular flexibility index (Phi) is 10.7. The van der Waals surface area contributed by atoms with Gasteiger partial charge in [-0.2, -0.15) is 0 Å². The molecule has 0 bridgehead atoms. The first kappa shape index (κ1) is 28.4. The van der Waals surface area contributed by atoms with E-state index in [2.05, 4.69) is 28.2 Å². The molecule has 0 unspecified atom stereocenters. The average Bonchev–Trinajstić information content (AvgIpc) is 2.89. The molecule has 0 saturated carbocycles. The Bertz CT molecular complexity index is 1190. The molecule has 0 fully saturated rings. The van der Waals surface area contributed by atoms with Gasteiger partial charge in [-0.25, -0.2) is 4.39 Å². The fraction of sp³-hybridized carbons (Fsp3) is 0.333. The van der Waals surface area contributed by atoms with Gasteiger partial charge in [0.25, 0.3) is 5.91 Å². The van der Waals surface area contributed by atoms with Crippen molar-refractivity contribution in [3.8, 4) is 5.75 Å². The first-order valence-corrected chi connectivity index (χ1v) is 13.3. The lowest BCUT2D eigenvalue weighted by atomic mass is 10.0. The summed E-state index contributed by atoms with van der Waals surface area (Å²) in [6.07, 6.45) is 1.17. The lowest BCUT2D eigenvalue weighted by molar-refractivity contribution is -0.142. The molecule has 0 aliphatic carbocycles. The first-order chi connectivity index (χ1) is 17.8. The molecule has 0 heterocycles. The minimum atomic E-state index is -0.845. The Labute approximate surface area is 227 Å². The van der Waals surface area contributed by atoms with Crippen LogP contribution in [0.25, 0.3) is 0 Å². The molecule has 0 aromatic heterocycles. The zero-order valence-electron chi connectivity index (χ0n) is 21.5. The Morgan fingerprint density at radius 3 is 2.35 bits per heavy atom. The first-order valence-electron chi connectivity index (χ1n) is 12.5. The van der Waals surface area contributed by atoms with E-state index in [0.717, 1.165) is 22.0 Å². The largest absolute Gasteiger partial charge is 0.483 e. The van der Waals surface area contributed by atoms with Gasteiger partial charge in [0, 0.05) is 25.1 Å². The number of hydrogen-bond donors (Lipinski definition) is 1. The van der Waals surface area contributed by atoms with Gasteiger partial charge in [-0.1, -0.05) is 75.4 Å². The summed E-state index contributed by atoms with van der Waals surface area (Å²) in [6.45, 7) is 6.19. The van der Waals surface area contributed by atoms with Gasteiger partial charge in [0.1, 0.15) is 17.6 Å². The third-order valence-corrected chi connectivity index (χ3v) is 6.63. The quantitative estimate of drug-likeness (QED) is 0.294. The van der Waals surface area contributed by atoms with Crippen LogP contribution in [-0.4, -0.2) is 35.9 Å². The summed E-state index contributed by atoms with van der Waals surface area (Å²) in [7, 11) is 0. The Morgan fingerprint density at radius 2 is 1.70 bits per heavy atom. The standard InChI is InChI=1S/C30H34BrFN2O3/c1-4-22-14-15-28(25(31)16-22)37-20-29(35)34(19-24-12-8-9-13-26(24)32)27(30(36)33-18-21(2)3)17-23-10-6-5-7-11-23/h5-16,21,27H,4,17-20H2,1-3H3,(H,33,36)/t27-/m1/s1. The number of aryl methyl sites for hydroxylation is 1. The van der Waals surface area contributed by atoms with Gasteiger partial charge < -0.3 is 15.0 Å². The van der Waals surface area contributed by atoms with Gasteiger partial charge in [0.2, 0.25) is 5.91 Å². The molecule has 1 N–H and O–H groups in total. The third kappa shape index (κ3) is 8.42. The molecule has 3 aromatic carbocycles. The molecule has 2 amide bonds. The predicted molar refractivity (Wildman–Crippen MR) is 148 cm³/mol. The van der Waals surface area contributed by atoms with Crippen molar-refractivity contribution in [2.45, 2.75) is 46.2 Å². The van der Waals surface area contributed by atoms with E-state index in [-0.39, 0.29) is 25.0 Å². The van der Waals surface area contributed by atoms with Crippen molar-refractivity contribution in [2.24, 2.45) is 5.92 Å². The summed E-state index contributed by atoms with van der Waals surface area (Å²) in [6, 6.07) is 20.7. The molecule has 1 atom stereocenters. The van der Waals surface area contributed by atoms with Gasteiger partial charge in [0.15, 0.2) is 6.61 Å². The maximum Gasteiger partial charge on any atom is 0.261 e. The summed E-state index contributed by atoms with van der Waals surface area (Å²) >= 11 is 3.51. The molecule has 0 aliphatic heterocycles. The number of benzene rings is 3. The average molecular weight is 570 g/mol. The summed E-state index contributed by atoms with van der Waals surface area (Å²) < 4.78 is 21.3. The zero-order valence-corrected chi connectivity index (χ0v) is 23.1. The van der Waals surface area contributed by atoms with Crippen molar-refractivity contribution >= 4 is 27.7 Å². The molecule has 3 rings (SSSR count). The van der Waals surface area contributed by atoms with Crippen molar-refractivity contribution < 1.29 is 18.7 Å². The molecule has 37 heavy (non-hydrogen) atoms. The van der Waals surface area contributed by atoms with Crippen LogP contribution >= 0.6 is 15.9 Å². The van der Waals surface area contributed by atoms with Crippen molar-refractivity contribution in [3.63, 3.8) is 0 Å². The molecule has 0 saturated heterocycles. The Hall–Kier alpha value is -3.19. The van der Waals surface area contributed by atoms with Crippen molar-refractivity contribution in [2.75, 3.05) is 13.2 Å². The lowest BCUT2D eigenvalue weighted by Crippen LogP contribution is -2.52. The number of rotatable bonds is 12. The van der Waals surface area contributed by atoms with Gasteiger partial charge >= 0.3 is 0 Å². The van der Waals surface area contributed by atoms with Crippen LogP contribution in [0.3, 0.4) is 0 Å². The zero-order chi connectivity index (χ0) is 26.8. The van der Waals surface area contributed by atoms with E-state index in [1.807, 2.05) is 62.4 Å². The van der Waals surface area contributed by atoms with Gasteiger partial charge in [-0.3, -0.25) is 9.59 Å². The number of halogens is 2. The highest BCUT2D eigenvalue weighted by atomic mass is 79.9. The van der Waals surface area contributed by atoms with E-state index in [0.29, 0.717) is 24.3 Å². The third-order valence-electron chi connectivity index (χ3n) is 6.01. The van der Waals surface area contributed by atoms with Crippen LogP contribution in [0.1, 0.15) is 37.5 Å². The van der Waals surface area contributed by atoms with E-state index in [9.17, 15) is 14.0 Å². The van der Waals surface area contributed by atoms with Crippen LogP contribution in [0.15, 0.2) is 77.3 Å². The monoisotopic (exact) mass is 568 g/mol. The molecule has 7 heteroatoms. The Balaban J connectivity index is 1.91. The van der Waals surface area contributed by atoms with Crippen LogP contribution in [0, 0.1) is 11.7 Å². The highest BCUT2D eigenvalue weighted by Gasteiger charge is 2.31. The van der Waals surface area contributed by atoms with Gasteiger partial charge in [-0.05, 0) is 57.6 Å². The number of amides is 2. The molecule has 0 radical (unpaired) electrons. The molecular weight excluding hydrogens is 535 g/mol. The van der Waals surface area contributed by atoms with Crippen LogP contribution in [-0.2, 0) is 29.0 Å². The summed E-state index contributed by atoms with van der Waals surface area (Å²) in [5, 5.41) is 2.96. The highest BCUT2D eigenvalue weighted by molar-refractivity contribution is 9.10. The highest BCUT2D eigenvalue weighted by Crippen LogP contribution is 2.26. The summed E-state index contributed by atoms with van der Waals surface area (Å²) in [5.41, 5.74) is 2.37. The van der Waals surface area contributed by atoms with Crippen LogP contribution in [0.5, 0.6) is 5.75 Å². The second-order valence-corrected chi connectivity index (χ2v) is 10.2. The van der Waals surface area contributed by atoms with Crippen LogP contribution in [0.4, 0.5) is 4.39 Å². The summed E-state index contributed by atoms with van der Waals surface area (Å²) in [4.78, 5) is 28.5. The lowest BCUT2D eigenvalue weighted by Gasteiger charge is -2.32. The molecule has 5 nitrogen and oxygen atoms in total. The van der Waals surface area contributed by atoms with E-state index in [1.165, 1.54) is 11.0 Å². The fourth-order valence-corrected chi connectivity index (χ4v) is 4.43. The number of nitrogens with one attached hydrogen (secondary N) is 1. The van der Waals surface area contributed by atoms with Crippen LogP contribution < -0.4 is 10.1 Å². The second-order valence-electron chi connectivity index (χ2n) is 9.36. The van der Waals surface area contributed by atoms with Gasteiger partial charge in [-0.15, -0.1) is 0 Å². The number of hydrogen-bond acceptors (Lipinski definition) is 3. The normalized spacial score (nSPS) is 11.7. The van der Waals surface area contributed by atoms with E-state index in [1.54, 1.807) is 18.2 Å². The molecular formula is C30H34BrFN2O3. The fourth-order valence-electron chi connectivity index (χ4n) is 3.89. The van der Waals surface area contributed by atoms with Gasteiger partial charge in [0.05, 0.1) is 4.47 Å².